The summed E-state index contributed by atoms with van der Waals surface area (Å²) in [6.07, 6.45) is 0.0167. The molecule has 2 unspecified atom stereocenters. The predicted octanol–water partition coefficient (Wildman–Crippen LogP) is 1.56. The maximum Gasteiger partial charge on any atom is 0.274 e. The van der Waals surface area contributed by atoms with Gasteiger partial charge in [0.1, 0.15) is 6.17 Å². The Morgan fingerprint density at radius 3 is 2.15 bits per heavy atom. The van der Waals surface area contributed by atoms with Crippen molar-refractivity contribution in [1.82, 2.24) is 20.2 Å². The normalized spacial score (nSPS) is 18.7. The predicted molar refractivity (Wildman–Crippen MR) is 97.9 cm³/mol. The van der Waals surface area contributed by atoms with E-state index >= 15 is 0 Å². The number of hydrogen-bond acceptors (Lipinski definition) is 4. The first kappa shape index (κ1) is 16.3. The van der Waals surface area contributed by atoms with Crippen molar-refractivity contribution in [2.75, 3.05) is 0 Å². The van der Waals surface area contributed by atoms with Crippen LogP contribution in [0.1, 0.15) is 35.9 Å². The van der Waals surface area contributed by atoms with E-state index in [4.69, 9.17) is 0 Å². The van der Waals surface area contributed by atoms with Gasteiger partial charge in [-0.3, -0.25) is 19.8 Å². The first-order valence-corrected chi connectivity index (χ1v) is 8.45. The fraction of sp³-hybridized carbons (Fsp3) is 0.211. The zero-order valence-corrected chi connectivity index (χ0v) is 14.2. The van der Waals surface area contributed by atoms with Crippen molar-refractivity contribution < 1.29 is 4.79 Å². The molecule has 3 aromatic rings. The minimum atomic E-state index is -0.498. The van der Waals surface area contributed by atoms with Gasteiger partial charge in [0.15, 0.2) is 0 Å². The molecular formula is C19H18N4O3. The molecule has 4 rings (SSSR count). The van der Waals surface area contributed by atoms with Gasteiger partial charge in [-0.1, -0.05) is 30.3 Å². The lowest BCUT2D eigenvalue weighted by Crippen LogP contribution is -2.46. The molecule has 0 fully saturated rings. The van der Waals surface area contributed by atoms with Crippen molar-refractivity contribution >= 4 is 16.7 Å². The van der Waals surface area contributed by atoms with Crippen LogP contribution in [0.25, 0.3) is 10.8 Å². The first-order valence-electron chi connectivity index (χ1n) is 8.45. The van der Waals surface area contributed by atoms with Crippen molar-refractivity contribution in [1.29, 1.82) is 0 Å². The molecule has 1 aliphatic heterocycles. The van der Waals surface area contributed by atoms with E-state index in [0.717, 1.165) is 0 Å². The number of amides is 1. The molecule has 1 amide bonds. The number of hydrogen-bond donors (Lipinski definition) is 2. The number of carbonyl (C=O) groups is 1. The third-order valence-corrected chi connectivity index (χ3v) is 4.70. The minimum absolute atomic E-state index is 0.161. The second-order valence-electron chi connectivity index (χ2n) is 6.41. The molecular weight excluding hydrogens is 332 g/mol. The highest BCUT2D eigenvalue weighted by atomic mass is 16.2. The number of nitrogens with zero attached hydrogens (tertiary/aromatic N) is 2. The molecule has 7 heteroatoms. The van der Waals surface area contributed by atoms with Crippen LogP contribution in [0.2, 0.25) is 0 Å². The lowest BCUT2D eigenvalue weighted by molar-refractivity contribution is 0.0915. The summed E-state index contributed by atoms with van der Waals surface area (Å²) < 4.78 is 2.87. The zero-order valence-electron chi connectivity index (χ0n) is 14.2. The second-order valence-corrected chi connectivity index (χ2v) is 6.41. The standard InChI is InChI=1S/C19H18N4O3/c1-12-11-16(20-21-17(24)13-7-3-2-4-8-13)23-19(26)15-10-6-5-9-14(15)18(25)22(12)23/h2-10,12,16,20H,11H2,1H3,(H,21,24). The quantitative estimate of drug-likeness (QED) is 0.702. The van der Waals surface area contributed by atoms with Gasteiger partial charge in [0.25, 0.3) is 17.0 Å². The van der Waals surface area contributed by atoms with E-state index in [1.165, 1.54) is 9.36 Å². The molecule has 0 aliphatic carbocycles. The largest absolute Gasteiger partial charge is 0.285 e. The molecule has 2 aromatic carbocycles. The molecule has 1 aliphatic rings. The van der Waals surface area contributed by atoms with E-state index in [1.54, 1.807) is 48.5 Å². The third-order valence-electron chi connectivity index (χ3n) is 4.70. The summed E-state index contributed by atoms with van der Waals surface area (Å²) in [7, 11) is 0. The molecule has 2 heterocycles. The van der Waals surface area contributed by atoms with Crippen LogP contribution in [-0.4, -0.2) is 15.3 Å². The molecule has 0 saturated heterocycles. The summed E-state index contributed by atoms with van der Waals surface area (Å²) in [5, 5.41) is 0.790. The van der Waals surface area contributed by atoms with E-state index in [2.05, 4.69) is 10.9 Å². The highest BCUT2D eigenvalue weighted by Crippen LogP contribution is 2.25. The molecule has 0 spiro atoms. The number of fused-ring (bicyclic) bond motifs is 2. The highest BCUT2D eigenvalue weighted by Gasteiger charge is 2.31. The summed E-state index contributed by atoms with van der Waals surface area (Å²) in [6.45, 7) is 1.88. The Balaban J connectivity index is 1.69. The van der Waals surface area contributed by atoms with Crippen LogP contribution in [0.3, 0.4) is 0 Å². The molecule has 0 saturated carbocycles. The Kier molecular flexibility index (Phi) is 3.93. The fourth-order valence-corrected chi connectivity index (χ4v) is 3.46. The number of rotatable bonds is 3. The van der Waals surface area contributed by atoms with Crippen LogP contribution in [0.4, 0.5) is 0 Å². The Bertz CT molecular complexity index is 1100. The van der Waals surface area contributed by atoms with Gasteiger partial charge in [0.2, 0.25) is 0 Å². The maximum absolute atomic E-state index is 12.9. The molecule has 1 aromatic heterocycles. The van der Waals surface area contributed by atoms with Gasteiger partial charge >= 0.3 is 0 Å². The molecule has 2 atom stereocenters. The maximum atomic E-state index is 12.9. The summed E-state index contributed by atoms with van der Waals surface area (Å²) >= 11 is 0. The lowest BCUT2D eigenvalue weighted by Gasteiger charge is -2.17. The highest BCUT2D eigenvalue weighted by molar-refractivity contribution is 5.93. The van der Waals surface area contributed by atoms with Crippen LogP contribution >= 0.6 is 0 Å². The van der Waals surface area contributed by atoms with Crippen molar-refractivity contribution in [3.8, 4) is 0 Å². The van der Waals surface area contributed by atoms with Gasteiger partial charge in [0.05, 0.1) is 16.8 Å². The number of carbonyl (C=O) groups excluding carboxylic acids is 1. The third kappa shape index (κ3) is 2.53. The Morgan fingerprint density at radius 1 is 0.923 bits per heavy atom. The molecule has 0 bridgehead atoms. The minimum Gasteiger partial charge on any atom is -0.285 e. The summed E-state index contributed by atoms with van der Waals surface area (Å²) in [5.74, 6) is -0.298. The van der Waals surface area contributed by atoms with Gasteiger partial charge in [-0.05, 0) is 31.2 Å². The van der Waals surface area contributed by atoms with Gasteiger partial charge < -0.3 is 0 Å². The summed E-state index contributed by atoms with van der Waals surface area (Å²) in [5.41, 5.74) is 5.59. The second kappa shape index (κ2) is 6.27. The van der Waals surface area contributed by atoms with Crippen molar-refractivity contribution in [3.05, 3.63) is 80.9 Å². The molecule has 132 valence electrons. The number of benzene rings is 2. The Labute approximate surface area is 148 Å². The average molecular weight is 350 g/mol. The topological polar surface area (TPSA) is 85.1 Å². The van der Waals surface area contributed by atoms with E-state index in [9.17, 15) is 14.4 Å². The van der Waals surface area contributed by atoms with E-state index in [1.807, 2.05) is 13.0 Å². The smallest absolute Gasteiger partial charge is 0.274 e. The van der Waals surface area contributed by atoms with Crippen molar-refractivity contribution in [3.63, 3.8) is 0 Å². The van der Waals surface area contributed by atoms with Crippen molar-refractivity contribution in [2.45, 2.75) is 25.6 Å². The van der Waals surface area contributed by atoms with Crippen LogP contribution in [0.15, 0.2) is 64.2 Å². The Hall–Kier alpha value is -3.19. The summed E-state index contributed by atoms with van der Waals surface area (Å²) in [4.78, 5) is 37.9. The van der Waals surface area contributed by atoms with Crippen molar-refractivity contribution in [2.24, 2.45) is 0 Å². The van der Waals surface area contributed by atoms with E-state index in [-0.39, 0.29) is 23.1 Å². The van der Waals surface area contributed by atoms with Gasteiger partial charge in [-0.2, -0.15) is 0 Å². The van der Waals surface area contributed by atoms with Gasteiger partial charge in [-0.15, -0.1) is 0 Å². The molecule has 2 N–H and O–H groups in total. The number of nitrogens with one attached hydrogen (secondary N) is 2. The SMILES string of the molecule is CC1CC(NNC(=O)c2ccccc2)n2c(=O)c3ccccc3c(=O)n21. The Morgan fingerprint density at radius 2 is 1.50 bits per heavy atom. The number of hydrazine groups is 1. The van der Waals surface area contributed by atoms with E-state index < -0.39 is 6.17 Å². The molecule has 26 heavy (non-hydrogen) atoms. The van der Waals surface area contributed by atoms with Crippen LogP contribution in [0.5, 0.6) is 0 Å². The summed E-state index contributed by atoms with van der Waals surface area (Å²) in [6, 6.07) is 15.4. The molecule has 0 radical (unpaired) electrons. The van der Waals surface area contributed by atoms with Crippen LogP contribution in [-0.2, 0) is 0 Å². The van der Waals surface area contributed by atoms with Gasteiger partial charge in [-0.25, -0.2) is 14.8 Å². The monoisotopic (exact) mass is 350 g/mol. The molecule has 7 nitrogen and oxygen atoms in total. The average Bonchev–Trinajstić information content (AvgIpc) is 3.01. The van der Waals surface area contributed by atoms with Crippen LogP contribution in [0, 0.1) is 0 Å². The van der Waals surface area contributed by atoms with Gasteiger partial charge in [0, 0.05) is 12.0 Å². The fourth-order valence-electron chi connectivity index (χ4n) is 3.46. The van der Waals surface area contributed by atoms with Crippen LogP contribution < -0.4 is 22.0 Å². The first-order chi connectivity index (χ1) is 12.6. The zero-order chi connectivity index (χ0) is 18.3. The lowest BCUT2D eigenvalue weighted by atomic mass is 10.2. The number of aromatic nitrogens is 2. The van der Waals surface area contributed by atoms with E-state index in [0.29, 0.717) is 22.8 Å².